The fourth-order valence-electron chi connectivity index (χ4n) is 5.70. The second-order valence-corrected chi connectivity index (χ2v) is 14.6. The van der Waals surface area contributed by atoms with Crippen LogP contribution in [0.15, 0.2) is 30.3 Å². The number of carbonyl (C=O) groups excluding carboxylic acids is 2. The van der Waals surface area contributed by atoms with Crippen LogP contribution in [0.4, 0.5) is 11.4 Å². The van der Waals surface area contributed by atoms with E-state index in [-0.39, 0.29) is 11.8 Å². The number of anilines is 2. The summed E-state index contributed by atoms with van der Waals surface area (Å²) in [6.07, 6.45) is 5.10. The van der Waals surface area contributed by atoms with Crippen LogP contribution in [0, 0.1) is 34.6 Å². The van der Waals surface area contributed by atoms with Crippen molar-refractivity contribution in [1.29, 1.82) is 0 Å². The van der Waals surface area contributed by atoms with Crippen LogP contribution in [0.2, 0.25) is 0 Å². The minimum atomic E-state index is -1.87. The highest BCUT2D eigenvalue weighted by Crippen LogP contribution is 2.74. The van der Waals surface area contributed by atoms with Crippen LogP contribution in [0.5, 0.6) is 0 Å². The van der Waals surface area contributed by atoms with Crippen LogP contribution >= 0.6 is 7.26 Å². The molecule has 3 rings (SSSR count). The fraction of sp³-hybridized carbons (Fsp3) is 0.500. The molecule has 2 amide bonds. The lowest BCUT2D eigenvalue weighted by Crippen LogP contribution is -2.53. The van der Waals surface area contributed by atoms with Crippen molar-refractivity contribution in [2.45, 2.75) is 72.9 Å². The summed E-state index contributed by atoms with van der Waals surface area (Å²) < 4.78 is 0. The average molecular weight is 468 g/mol. The summed E-state index contributed by atoms with van der Waals surface area (Å²) in [6, 6.07) is 10.3. The van der Waals surface area contributed by atoms with Gasteiger partial charge in [-0.3, -0.25) is 9.59 Å². The van der Waals surface area contributed by atoms with Crippen molar-refractivity contribution in [2.24, 2.45) is 0 Å². The molecule has 0 bridgehead atoms. The molecule has 178 valence electrons. The van der Waals surface area contributed by atoms with Crippen LogP contribution in [0.1, 0.15) is 60.9 Å². The summed E-state index contributed by atoms with van der Waals surface area (Å²) in [4.78, 5) is 27.3. The Kier molecular flexibility index (Phi) is 7.69. The maximum Gasteiger partial charge on any atom is 0.268 e. The number of benzene rings is 2. The van der Waals surface area contributed by atoms with Crippen LogP contribution in [-0.4, -0.2) is 35.5 Å². The van der Waals surface area contributed by atoms with Gasteiger partial charge in [-0.1, -0.05) is 35.9 Å². The molecule has 0 spiro atoms. The smallest absolute Gasteiger partial charge is 0.268 e. The zero-order valence-electron chi connectivity index (χ0n) is 21.4. The summed E-state index contributed by atoms with van der Waals surface area (Å²) in [5.74, 6) is 0.173. The first-order valence-electron chi connectivity index (χ1n) is 12.2. The first kappa shape index (κ1) is 25.4. The van der Waals surface area contributed by atoms with E-state index in [0.29, 0.717) is 6.16 Å². The third-order valence-corrected chi connectivity index (χ3v) is 13.6. The van der Waals surface area contributed by atoms with Crippen molar-refractivity contribution < 1.29 is 9.59 Å². The predicted molar refractivity (Wildman–Crippen MR) is 143 cm³/mol. The molecule has 0 unspecified atom stereocenters. The van der Waals surface area contributed by atoms with Crippen LogP contribution in [-0.2, 0) is 9.59 Å². The fourth-order valence-corrected chi connectivity index (χ4v) is 10.5. The Bertz CT molecular complexity index is 1010. The molecule has 1 saturated carbocycles. The number of rotatable bonds is 8. The normalized spacial score (nSPS) is 15.0. The molecule has 33 heavy (non-hydrogen) atoms. The molecule has 0 aromatic heterocycles. The second kappa shape index (κ2) is 9.97. The Balaban J connectivity index is 1.89. The van der Waals surface area contributed by atoms with E-state index in [1.54, 1.807) is 0 Å². The van der Waals surface area contributed by atoms with Crippen LogP contribution in [0.25, 0.3) is 0 Å². The molecule has 0 saturated heterocycles. The van der Waals surface area contributed by atoms with Gasteiger partial charge >= 0.3 is 0 Å². The van der Waals surface area contributed by atoms with Crippen molar-refractivity contribution in [2.75, 3.05) is 29.1 Å². The molecule has 4 nitrogen and oxygen atoms in total. The molecule has 1 aliphatic carbocycles. The van der Waals surface area contributed by atoms with Crippen molar-refractivity contribution in [1.82, 2.24) is 0 Å². The Morgan fingerprint density at radius 2 is 1.36 bits per heavy atom. The number of hydrogen-bond donors (Lipinski definition) is 2. The number of carbonyl (C=O) groups is 2. The number of amides is 2. The third kappa shape index (κ3) is 4.73. The zero-order valence-corrected chi connectivity index (χ0v) is 22.3. The summed E-state index contributed by atoms with van der Waals surface area (Å²) in [5, 5.41) is 6.11. The molecule has 2 aromatic rings. The molecule has 0 atom stereocenters. The van der Waals surface area contributed by atoms with Gasteiger partial charge in [0.05, 0.1) is 12.3 Å². The lowest BCUT2D eigenvalue weighted by atomic mass is 9.83. The minimum absolute atomic E-state index is 0.0474. The molecule has 2 aromatic carbocycles. The van der Waals surface area contributed by atoms with Gasteiger partial charge in [0.1, 0.15) is 6.16 Å². The Morgan fingerprint density at radius 1 is 0.848 bits per heavy atom. The largest absolute Gasteiger partial charge is 0.322 e. The van der Waals surface area contributed by atoms with E-state index in [2.05, 4.69) is 57.4 Å². The van der Waals surface area contributed by atoms with E-state index in [1.807, 2.05) is 32.0 Å². The molecule has 2 N–H and O–H groups in total. The SMILES string of the molecule is CC[P+](CC)(CC(=O)Nc1c(C)cccc1C)C1(C(=O)Nc2c(C)cc(C)cc2C)CCC1. The van der Waals surface area contributed by atoms with Crippen LogP contribution < -0.4 is 10.6 Å². The monoisotopic (exact) mass is 467 g/mol. The molecule has 1 aliphatic rings. The highest BCUT2D eigenvalue weighted by molar-refractivity contribution is 7.79. The Morgan fingerprint density at radius 3 is 1.82 bits per heavy atom. The number of para-hydroxylation sites is 1. The van der Waals surface area contributed by atoms with E-state index in [9.17, 15) is 9.59 Å². The van der Waals surface area contributed by atoms with Gasteiger partial charge in [0, 0.05) is 18.6 Å². The van der Waals surface area contributed by atoms with E-state index < -0.39 is 12.4 Å². The van der Waals surface area contributed by atoms with Crippen molar-refractivity contribution in [3.8, 4) is 0 Å². The molecule has 0 heterocycles. The standard InChI is InChI=1S/C28H39N2O2P/c1-8-33(9-2,18-24(31)29-25-20(4)12-10-13-21(25)5)28(14-11-15-28)27(32)30-26-22(6)16-19(3)17-23(26)7/h10,12-13,16-17H,8-9,11,14-15,18H2,1-7H3,(H-,29,30,31,32)/p+1. The van der Waals surface area contributed by atoms with E-state index in [1.165, 1.54) is 5.56 Å². The molecular formula is C28H40N2O2P+. The van der Waals surface area contributed by atoms with Crippen molar-refractivity contribution in [3.63, 3.8) is 0 Å². The van der Waals surface area contributed by atoms with Crippen molar-refractivity contribution in [3.05, 3.63) is 58.1 Å². The lowest BCUT2D eigenvalue weighted by molar-refractivity contribution is -0.120. The number of nitrogens with one attached hydrogen (secondary N) is 2. The third-order valence-electron chi connectivity index (χ3n) is 7.83. The molecule has 0 radical (unpaired) electrons. The van der Waals surface area contributed by atoms with Gasteiger partial charge in [0.15, 0.2) is 5.16 Å². The summed E-state index contributed by atoms with van der Waals surface area (Å²) in [6.45, 7) is 14.6. The highest BCUT2D eigenvalue weighted by Gasteiger charge is 2.64. The maximum atomic E-state index is 13.9. The molecule has 0 aliphatic heterocycles. The van der Waals surface area contributed by atoms with Gasteiger partial charge in [-0.15, -0.1) is 0 Å². The Labute approximate surface area is 200 Å². The summed E-state index contributed by atoms with van der Waals surface area (Å²) in [5.41, 5.74) is 7.38. The average Bonchev–Trinajstić information content (AvgIpc) is 2.71. The second-order valence-electron chi connectivity index (χ2n) is 9.86. The van der Waals surface area contributed by atoms with Gasteiger partial charge in [0.2, 0.25) is 0 Å². The van der Waals surface area contributed by atoms with Crippen LogP contribution in [0.3, 0.4) is 0 Å². The maximum absolute atomic E-state index is 13.9. The van der Waals surface area contributed by atoms with Gasteiger partial charge in [0.25, 0.3) is 11.8 Å². The van der Waals surface area contributed by atoms with Gasteiger partial charge in [-0.2, -0.15) is 0 Å². The van der Waals surface area contributed by atoms with Gasteiger partial charge in [-0.25, -0.2) is 0 Å². The highest BCUT2D eigenvalue weighted by atomic mass is 31.2. The quantitative estimate of drug-likeness (QED) is 0.420. The molecule has 5 heteroatoms. The first-order valence-corrected chi connectivity index (χ1v) is 14.5. The van der Waals surface area contributed by atoms with E-state index in [4.69, 9.17) is 0 Å². The van der Waals surface area contributed by atoms with Gasteiger partial charge < -0.3 is 10.6 Å². The molecular weight excluding hydrogens is 427 g/mol. The topological polar surface area (TPSA) is 58.2 Å². The summed E-state index contributed by atoms with van der Waals surface area (Å²) in [7, 11) is -1.87. The number of aryl methyl sites for hydroxylation is 5. The zero-order chi connectivity index (χ0) is 24.4. The van der Waals surface area contributed by atoms with E-state index >= 15 is 0 Å². The number of hydrogen-bond acceptors (Lipinski definition) is 2. The Hall–Kier alpha value is -2.19. The minimum Gasteiger partial charge on any atom is -0.322 e. The summed E-state index contributed by atoms with van der Waals surface area (Å²) >= 11 is 0. The molecule has 1 fully saturated rings. The predicted octanol–water partition coefficient (Wildman–Crippen LogP) is 6.79. The van der Waals surface area contributed by atoms with Gasteiger partial charge in [-0.05, 0) is 90.0 Å². The van der Waals surface area contributed by atoms with E-state index in [0.717, 1.165) is 65.2 Å². The van der Waals surface area contributed by atoms with Crippen molar-refractivity contribution >= 4 is 30.5 Å². The lowest BCUT2D eigenvalue weighted by Gasteiger charge is -2.48. The first-order chi connectivity index (χ1) is 15.6.